The molecule has 60 heavy (non-hydrogen) atoms. The normalized spacial score (nSPS) is 16.9. The van der Waals surface area contributed by atoms with Crippen LogP contribution in [0.3, 0.4) is 0 Å². The number of nitrogens with one attached hydrogen (secondary N) is 5. The molecule has 2 saturated heterocycles. The van der Waals surface area contributed by atoms with E-state index in [1.165, 1.54) is 13.8 Å². The summed E-state index contributed by atoms with van der Waals surface area (Å²) in [5, 5.41) is 13.4. The molecule has 9 N–H and O–H groups in total. The Kier molecular flexibility index (Phi) is 16.5. The monoisotopic (exact) mass is 830 g/mol. The molecule has 0 radical (unpaired) electrons. The van der Waals surface area contributed by atoms with Crippen molar-refractivity contribution < 1.29 is 33.6 Å². The lowest BCUT2D eigenvalue weighted by atomic mass is 9.93. The molecular formula is C41H58N12O7. The largest absolute Gasteiger partial charge is 0.370 e. The number of aliphatic imine (C=N–C) groups is 1. The van der Waals surface area contributed by atoms with Gasteiger partial charge in [0.2, 0.25) is 35.4 Å². The van der Waals surface area contributed by atoms with Crippen molar-refractivity contribution in [1.29, 1.82) is 0 Å². The van der Waals surface area contributed by atoms with E-state index < -0.39 is 35.7 Å². The predicted octanol–water partition coefficient (Wildman–Crippen LogP) is -0.541. The lowest BCUT2D eigenvalue weighted by Crippen LogP contribution is -2.54. The van der Waals surface area contributed by atoms with E-state index in [0.29, 0.717) is 87.8 Å². The molecule has 3 aliphatic rings. The van der Waals surface area contributed by atoms with Crippen LogP contribution in [0, 0.1) is 5.92 Å². The number of guanidine groups is 1. The minimum Gasteiger partial charge on any atom is -0.370 e. The molecule has 0 aliphatic carbocycles. The van der Waals surface area contributed by atoms with Gasteiger partial charge in [0, 0.05) is 59.2 Å². The van der Waals surface area contributed by atoms with Crippen molar-refractivity contribution in [3.8, 4) is 0 Å². The predicted molar refractivity (Wildman–Crippen MR) is 226 cm³/mol. The molecule has 0 unspecified atom stereocenters. The molecule has 2 aromatic rings. The van der Waals surface area contributed by atoms with Gasteiger partial charge in [0.25, 0.3) is 5.91 Å². The maximum Gasteiger partial charge on any atom is 0.257 e. The lowest BCUT2D eigenvalue weighted by Gasteiger charge is -2.37. The van der Waals surface area contributed by atoms with Gasteiger partial charge in [0.1, 0.15) is 12.1 Å². The maximum atomic E-state index is 13.9. The number of carbonyl (C=O) groups excluding carboxylic acids is 7. The van der Waals surface area contributed by atoms with Crippen molar-refractivity contribution in [2.24, 2.45) is 22.4 Å². The van der Waals surface area contributed by atoms with Gasteiger partial charge in [-0.3, -0.25) is 58.6 Å². The van der Waals surface area contributed by atoms with E-state index in [0.717, 1.165) is 12.8 Å². The molecule has 2 aromatic carbocycles. The Hall–Kier alpha value is -5.92. The standard InChI is InChI=1S/C41H58N12O7/c1-27(38(58)49-32(40(60)47-28(2)54)10-7-15-45-41(42)43)46-35(55)25-44-16-19-50-20-22-52(23-21-50)36(56)24-29-13-17-51(18-14-29)26-37(57)53-33-11-5-3-8-30(33)39(59)48-31-9-4-6-12-34(31)53/h3-6,8-9,11-12,27,29,32,44H,7,10,13-26H2,1-2H3,(H,46,55)(H,48,59)(H,49,58)(H4,42,43,45)(H,47,54,60)/t27-,32-/m0/s1. The first-order valence-corrected chi connectivity index (χ1v) is 20.5. The fraction of sp³-hybridized carbons (Fsp3) is 0.512. The third-order valence-corrected chi connectivity index (χ3v) is 10.8. The smallest absolute Gasteiger partial charge is 0.257 e. The molecule has 324 valence electrons. The highest BCUT2D eigenvalue weighted by Crippen LogP contribution is 2.38. The first kappa shape index (κ1) is 45.2. The minimum atomic E-state index is -1.02. The first-order chi connectivity index (χ1) is 28.8. The van der Waals surface area contributed by atoms with Crippen molar-refractivity contribution in [2.45, 2.75) is 58.0 Å². The number of nitrogens with two attached hydrogens (primary N) is 2. The number of hydrogen-bond donors (Lipinski definition) is 7. The number of likely N-dealkylation sites (tertiary alicyclic amines) is 1. The topological polar surface area (TPSA) is 257 Å². The van der Waals surface area contributed by atoms with Crippen LogP contribution >= 0.6 is 0 Å². The molecular weight excluding hydrogens is 773 g/mol. The van der Waals surface area contributed by atoms with Gasteiger partial charge in [0.05, 0.1) is 35.7 Å². The number of carbonyl (C=O) groups is 7. The third kappa shape index (κ3) is 13.0. The van der Waals surface area contributed by atoms with Gasteiger partial charge < -0.3 is 37.6 Å². The quantitative estimate of drug-likeness (QED) is 0.0603. The number of hydrogen-bond acceptors (Lipinski definition) is 11. The molecule has 0 spiro atoms. The number of para-hydroxylation sites is 3. The van der Waals surface area contributed by atoms with E-state index in [1.54, 1.807) is 29.2 Å². The van der Waals surface area contributed by atoms with Gasteiger partial charge in [-0.1, -0.05) is 24.3 Å². The average molecular weight is 831 g/mol. The van der Waals surface area contributed by atoms with E-state index in [1.807, 2.05) is 29.2 Å². The Morgan fingerprint density at radius 2 is 1.53 bits per heavy atom. The van der Waals surface area contributed by atoms with Crippen LogP contribution in [-0.2, 0) is 28.8 Å². The van der Waals surface area contributed by atoms with Crippen LogP contribution < -0.4 is 43.0 Å². The molecule has 2 atom stereocenters. The molecule has 0 aromatic heterocycles. The van der Waals surface area contributed by atoms with Gasteiger partial charge in [-0.2, -0.15) is 0 Å². The summed E-state index contributed by atoms with van der Waals surface area (Å²) in [7, 11) is 0. The van der Waals surface area contributed by atoms with Crippen molar-refractivity contribution in [1.82, 2.24) is 36.0 Å². The van der Waals surface area contributed by atoms with E-state index in [2.05, 4.69) is 41.4 Å². The Morgan fingerprint density at radius 1 is 0.850 bits per heavy atom. The van der Waals surface area contributed by atoms with Crippen molar-refractivity contribution in [2.75, 3.05) is 82.2 Å². The molecule has 7 amide bonds. The Morgan fingerprint density at radius 3 is 2.23 bits per heavy atom. The summed E-state index contributed by atoms with van der Waals surface area (Å²) in [5.74, 6) is -2.31. The molecule has 19 heteroatoms. The van der Waals surface area contributed by atoms with Crippen LogP contribution in [-0.4, -0.2) is 146 Å². The highest BCUT2D eigenvalue weighted by atomic mass is 16.2. The van der Waals surface area contributed by atoms with Crippen LogP contribution in [0.15, 0.2) is 53.5 Å². The van der Waals surface area contributed by atoms with Gasteiger partial charge >= 0.3 is 0 Å². The summed E-state index contributed by atoms with van der Waals surface area (Å²) in [6, 6.07) is 12.5. The van der Waals surface area contributed by atoms with Crippen LogP contribution in [0.5, 0.6) is 0 Å². The average Bonchev–Trinajstić information content (AvgIpc) is 3.34. The second-order valence-electron chi connectivity index (χ2n) is 15.4. The fourth-order valence-corrected chi connectivity index (χ4v) is 7.56. The number of piperidine rings is 1. The number of amides is 7. The first-order valence-electron chi connectivity index (χ1n) is 20.5. The highest BCUT2D eigenvalue weighted by Gasteiger charge is 2.32. The highest BCUT2D eigenvalue weighted by molar-refractivity contribution is 6.18. The van der Waals surface area contributed by atoms with Crippen LogP contribution in [0.2, 0.25) is 0 Å². The Bertz CT molecular complexity index is 1910. The molecule has 19 nitrogen and oxygen atoms in total. The van der Waals surface area contributed by atoms with Gasteiger partial charge in [0.15, 0.2) is 5.96 Å². The van der Waals surface area contributed by atoms with E-state index in [4.69, 9.17) is 11.5 Å². The summed E-state index contributed by atoms with van der Waals surface area (Å²) in [6.07, 6.45) is 2.65. The van der Waals surface area contributed by atoms with Crippen molar-refractivity contribution in [3.63, 3.8) is 0 Å². The summed E-state index contributed by atoms with van der Waals surface area (Å²) in [5.41, 5.74) is 12.9. The second kappa shape index (κ2) is 21.9. The molecule has 3 aliphatic heterocycles. The number of fused-ring (bicyclic) bond motifs is 2. The van der Waals surface area contributed by atoms with E-state index in [-0.39, 0.29) is 55.7 Å². The molecule has 3 heterocycles. The zero-order valence-corrected chi connectivity index (χ0v) is 34.4. The van der Waals surface area contributed by atoms with E-state index >= 15 is 0 Å². The van der Waals surface area contributed by atoms with Crippen molar-refractivity contribution >= 4 is 64.4 Å². The fourth-order valence-electron chi connectivity index (χ4n) is 7.56. The summed E-state index contributed by atoms with van der Waals surface area (Å²) in [6.45, 7) is 8.38. The Balaban J connectivity index is 0.964. The van der Waals surface area contributed by atoms with Gasteiger partial charge in [-0.15, -0.1) is 0 Å². The number of piperazine rings is 1. The lowest BCUT2D eigenvalue weighted by molar-refractivity contribution is -0.135. The zero-order chi connectivity index (χ0) is 43.2. The third-order valence-electron chi connectivity index (χ3n) is 10.8. The van der Waals surface area contributed by atoms with E-state index in [9.17, 15) is 33.6 Å². The number of rotatable bonds is 17. The number of benzene rings is 2. The second-order valence-corrected chi connectivity index (χ2v) is 15.4. The van der Waals surface area contributed by atoms with Gasteiger partial charge in [-0.05, 0) is 75.9 Å². The number of nitrogens with zero attached hydrogens (tertiary/aromatic N) is 5. The number of imide groups is 1. The van der Waals surface area contributed by atoms with Crippen LogP contribution in [0.25, 0.3) is 0 Å². The molecule has 0 bridgehead atoms. The summed E-state index contributed by atoms with van der Waals surface area (Å²) >= 11 is 0. The summed E-state index contributed by atoms with van der Waals surface area (Å²) in [4.78, 5) is 101. The molecule has 5 rings (SSSR count). The Labute approximate surface area is 350 Å². The van der Waals surface area contributed by atoms with Crippen molar-refractivity contribution in [3.05, 3.63) is 54.1 Å². The summed E-state index contributed by atoms with van der Waals surface area (Å²) < 4.78 is 0. The van der Waals surface area contributed by atoms with Crippen LogP contribution in [0.1, 0.15) is 56.3 Å². The SMILES string of the molecule is CC(=O)NC(=O)[C@H](CCCN=C(N)N)NC(=O)[C@H](C)NC(=O)CNCCN1CCN(C(=O)CC2CCN(CC(=O)N3c4ccccc4NC(=O)c4ccccc43)CC2)CC1. The zero-order valence-electron chi connectivity index (χ0n) is 34.4. The van der Waals surface area contributed by atoms with Gasteiger partial charge in [-0.25, -0.2) is 0 Å². The molecule has 0 saturated carbocycles. The van der Waals surface area contributed by atoms with Crippen LogP contribution in [0.4, 0.5) is 17.1 Å². The molecule has 2 fully saturated rings. The maximum absolute atomic E-state index is 13.9. The minimum absolute atomic E-state index is 0.0194. The number of anilines is 3.